The number of phenols is 1. The first-order valence-corrected chi connectivity index (χ1v) is 7.11. The first-order chi connectivity index (χ1) is 10.4. The summed E-state index contributed by atoms with van der Waals surface area (Å²) >= 11 is 0. The van der Waals surface area contributed by atoms with Crippen LogP contribution in [0.15, 0.2) is 42.5 Å². The molecule has 2 N–H and O–H groups in total. The van der Waals surface area contributed by atoms with E-state index in [0.29, 0.717) is 0 Å². The van der Waals surface area contributed by atoms with Crippen molar-refractivity contribution in [3.8, 4) is 5.75 Å². The molecule has 112 valence electrons. The number of aromatic hydroxyl groups is 1. The van der Waals surface area contributed by atoms with Gasteiger partial charge in [0.25, 0.3) is 0 Å². The Morgan fingerprint density at radius 3 is 2.00 bits per heavy atom. The largest absolute Gasteiger partial charge is 0.508 e. The molecule has 0 aliphatic heterocycles. The summed E-state index contributed by atoms with van der Waals surface area (Å²) in [6, 6.07) is 11.0. The van der Waals surface area contributed by atoms with Crippen molar-refractivity contribution < 1.29 is 19.8 Å². The maximum atomic E-state index is 12.6. The number of aliphatic hydroxyl groups is 1. The summed E-state index contributed by atoms with van der Waals surface area (Å²) in [5.74, 6) is -1.51. The quantitative estimate of drug-likeness (QED) is 0.836. The third kappa shape index (κ3) is 1.81. The monoisotopic (exact) mass is 296 g/mol. The predicted molar refractivity (Wildman–Crippen MR) is 81.2 cm³/mol. The maximum absolute atomic E-state index is 12.6. The Balaban J connectivity index is 2.23. The molecule has 0 bridgehead atoms. The second-order valence-corrected chi connectivity index (χ2v) is 5.85. The Labute approximate surface area is 128 Å². The number of carbonyl (C=O) groups is 2. The summed E-state index contributed by atoms with van der Waals surface area (Å²) < 4.78 is 0. The molecule has 0 aromatic heterocycles. The molecule has 0 unspecified atom stereocenters. The van der Waals surface area contributed by atoms with Crippen LogP contribution < -0.4 is 0 Å². The third-order valence-electron chi connectivity index (χ3n) is 4.15. The van der Waals surface area contributed by atoms with E-state index in [1.807, 2.05) is 13.8 Å². The molecular formula is C18H16O4. The number of Topliss-reactive ketones (excluding diaryl/α,β-unsaturated/α-hetero) is 2. The molecular weight excluding hydrogens is 280 g/mol. The molecule has 2 aromatic carbocycles. The van der Waals surface area contributed by atoms with E-state index >= 15 is 0 Å². The molecule has 0 saturated heterocycles. The fourth-order valence-corrected chi connectivity index (χ4v) is 2.82. The fraction of sp³-hybridized carbons (Fsp3) is 0.222. The van der Waals surface area contributed by atoms with E-state index in [1.165, 1.54) is 24.3 Å². The lowest BCUT2D eigenvalue weighted by Gasteiger charge is -2.22. The SMILES string of the molecule is CC(C)c1ccc(O)c(C2(O)C(=O)c3ccccc3C2=O)c1. The highest BCUT2D eigenvalue weighted by molar-refractivity contribution is 6.32. The zero-order chi connectivity index (χ0) is 16.1. The van der Waals surface area contributed by atoms with E-state index in [1.54, 1.807) is 18.2 Å². The molecule has 2 aromatic rings. The Hall–Kier alpha value is -2.46. The zero-order valence-corrected chi connectivity index (χ0v) is 12.3. The smallest absolute Gasteiger partial charge is 0.220 e. The van der Waals surface area contributed by atoms with Crippen LogP contribution in [0.1, 0.15) is 51.6 Å². The number of fused-ring (bicyclic) bond motifs is 1. The standard InChI is InChI=1S/C18H16O4/c1-10(2)11-7-8-15(19)14(9-11)18(22)16(20)12-5-3-4-6-13(12)17(18)21/h3-10,19,22H,1-2H3. The number of hydrogen-bond donors (Lipinski definition) is 2. The van der Waals surface area contributed by atoms with E-state index in [9.17, 15) is 19.8 Å². The van der Waals surface area contributed by atoms with Gasteiger partial charge in [0.2, 0.25) is 17.2 Å². The summed E-state index contributed by atoms with van der Waals surface area (Å²) in [4.78, 5) is 25.2. The van der Waals surface area contributed by atoms with Crippen LogP contribution in [-0.4, -0.2) is 21.8 Å². The summed E-state index contributed by atoms with van der Waals surface area (Å²) in [6.45, 7) is 3.90. The van der Waals surface area contributed by atoms with Crippen molar-refractivity contribution in [2.24, 2.45) is 0 Å². The van der Waals surface area contributed by atoms with Gasteiger partial charge in [-0.25, -0.2) is 0 Å². The lowest BCUT2D eigenvalue weighted by Crippen LogP contribution is -2.38. The van der Waals surface area contributed by atoms with Crippen molar-refractivity contribution in [3.05, 3.63) is 64.7 Å². The van der Waals surface area contributed by atoms with Crippen LogP contribution in [0.2, 0.25) is 0 Å². The van der Waals surface area contributed by atoms with Gasteiger partial charge in [0.05, 0.1) is 0 Å². The van der Waals surface area contributed by atoms with Gasteiger partial charge in [0.15, 0.2) is 0 Å². The van der Waals surface area contributed by atoms with Gasteiger partial charge in [-0.3, -0.25) is 9.59 Å². The molecule has 0 radical (unpaired) electrons. The van der Waals surface area contributed by atoms with Crippen molar-refractivity contribution in [3.63, 3.8) is 0 Å². The van der Waals surface area contributed by atoms with E-state index in [2.05, 4.69) is 0 Å². The molecule has 0 saturated carbocycles. The Morgan fingerprint density at radius 1 is 0.955 bits per heavy atom. The van der Waals surface area contributed by atoms with Crippen molar-refractivity contribution >= 4 is 11.6 Å². The number of phenolic OH excluding ortho intramolecular Hbond substituents is 1. The van der Waals surface area contributed by atoms with Gasteiger partial charge in [-0.05, 0) is 23.6 Å². The lowest BCUT2D eigenvalue weighted by molar-refractivity contribution is 0.0312. The van der Waals surface area contributed by atoms with Crippen LogP contribution in [0.4, 0.5) is 0 Å². The van der Waals surface area contributed by atoms with E-state index in [0.717, 1.165) is 5.56 Å². The molecule has 1 aliphatic carbocycles. The van der Waals surface area contributed by atoms with Crippen LogP contribution in [0.25, 0.3) is 0 Å². The molecule has 4 heteroatoms. The minimum absolute atomic E-state index is 0.0510. The third-order valence-corrected chi connectivity index (χ3v) is 4.15. The van der Waals surface area contributed by atoms with Crippen LogP contribution in [0.3, 0.4) is 0 Å². The topological polar surface area (TPSA) is 74.6 Å². The first-order valence-electron chi connectivity index (χ1n) is 7.11. The molecule has 0 amide bonds. The van der Waals surface area contributed by atoms with Crippen LogP contribution in [-0.2, 0) is 5.60 Å². The second-order valence-electron chi connectivity index (χ2n) is 5.85. The van der Waals surface area contributed by atoms with E-state index < -0.39 is 17.2 Å². The van der Waals surface area contributed by atoms with Crippen LogP contribution >= 0.6 is 0 Å². The Bertz CT molecular complexity index is 754. The van der Waals surface area contributed by atoms with Gasteiger partial charge in [-0.15, -0.1) is 0 Å². The summed E-state index contributed by atoms with van der Waals surface area (Å²) in [5, 5.41) is 20.9. The van der Waals surface area contributed by atoms with Gasteiger partial charge in [0, 0.05) is 16.7 Å². The van der Waals surface area contributed by atoms with Gasteiger partial charge in [-0.2, -0.15) is 0 Å². The normalized spacial score (nSPS) is 16.2. The van der Waals surface area contributed by atoms with Gasteiger partial charge in [-0.1, -0.05) is 44.2 Å². The summed E-state index contributed by atoms with van der Waals surface area (Å²) in [5.41, 5.74) is -1.20. The van der Waals surface area contributed by atoms with E-state index in [-0.39, 0.29) is 28.4 Å². The van der Waals surface area contributed by atoms with Crippen molar-refractivity contribution in [1.82, 2.24) is 0 Å². The van der Waals surface area contributed by atoms with Crippen molar-refractivity contribution in [2.45, 2.75) is 25.4 Å². The average molecular weight is 296 g/mol. The predicted octanol–water partition coefficient (Wildman–Crippen LogP) is 2.78. The molecule has 0 atom stereocenters. The van der Waals surface area contributed by atoms with Crippen LogP contribution in [0.5, 0.6) is 5.75 Å². The fourth-order valence-electron chi connectivity index (χ4n) is 2.82. The zero-order valence-electron chi connectivity index (χ0n) is 12.3. The van der Waals surface area contributed by atoms with Crippen molar-refractivity contribution in [1.29, 1.82) is 0 Å². The maximum Gasteiger partial charge on any atom is 0.220 e. The number of rotatable bonds is 2. The van der Waals surface area contributed by atoms with Crippen LogP contribution in [0, 0.1) is 0 Å². The molecule has 0 fully saturated rings. The van der Waals surface area contributed by atoms with Gasteiger partial charge in [0.1, 0.15) is 5.75 Å². The highest BCUT2D eigenvalue weighted by atomic mass is 16.3. The highest BCUT2D eigenvalue weighted by Gasteiger charge is 2.54. The molecule has 3 rings (SSSR count). The number of benzene rings is 2. The molecule has 0 spiro atoms. The molecule has 4 nitrogen and oxygen atoms in total. The summed E-state index contributed by atoms with van der Waals surface area (Å²) in [6.07, 6.45) is 0. The highest BCUT2D eigenvalue weighted by Crippen LogP contribution is 2.41. The Morgan fingerprint density at radius 2 is 1.50 bits per heavy atom. The molecule has 22 heavy (non-hydrogen) atoms. The van der Waals surface area contributed by atoms with Crippen molar-refractivity contribution in [2.75, 3.05) is 0 Å². The second kappa shape index (κ2) is 4.78. The summed E-state index contributed by atoms with van der Waals surface area (Å²) in [7, 11) is 0. The number of hydrogen-bond acceptors (Lipinski definition) is 4. The first kappa shape index (κ1) is 14.5. The molecule has 1 aliphatic rings. The van der Waals surface area contributed by atoms with E-state index in [4.69, 9.17) is 0 Å². The average Bonchev–Trinajstić information content (AvgIpc) is 2.71. The minimum Gasteiger partial charge on any atom is -0.508 e. The molecule has 0 heterocycles. The number of carbonyl (C=O) groups excluding carboxylic acids is 2. The number of ketones is 2. The Kier molecular flexibility index (Phi) is 3.15. The van der Waals surface area contributed by atoms with Gasteiger partial charge >= 0.3 is 0 Å². The van der Waals surface area contributed by atoms with Gasteiger partial charge < -0.3 is 10.2 Å². The minimum atomic E-state index is -2.35. The lowest BCUT2D eigenvalue weighted by atomic mass is 9.85.